The van der Waals surface area contributed by atoms with Crippen molar-refractivity contribution in [2.75, 3.05) is 18.5 Å². The molecule has 0 bridgehead atoms. The maximum atomic E-state index is 4.33. The number of aryl methyl sites for hydroxylation is 1. The highest BCUT2D eigenvalue weighted by molar-refractivity contribution is 5.36. The van der Waals surface area contributed by atoms with Gasteiger partial charge < -0.3 is 4.90 Å². The van der Waals surface area contributed by atoms with Gasteiger partial charge in [-0.15, -0.1) is 0 Å². The van der Waals surface area contributed by atoms with Gasteiger partial charge in [0.25, 0.3) is 0 Å². The van der Waals surface area contributed by atoms with Gasteiger partial charge in [-0.1, -0.05) is 36.4 Å². The molecule has 1 heterocycles. The van der Waals surface area contributed by atoms with Gasteiger partial charge >= 0.3 is 0 Å². The summed E-state index contributed by atoms with van der Waals surface area (Å²) in [5.74, 6) is 1.04. The van der Waals surface area contributed by atoms with Crippen LogP contribution in [0.5, 0.6) is 0 Å². The van der Waals surface area contributed by atoms with Crippen LogP contribution in [0.25, 0.3) is 0 Å². The molecule has 88 valence electrons. The maximum Gasteiger partial charge on any atom is 0.128 e. The summed E-state index contributed by atoms with van der Waals surface area (Å²) in [6, 6.07) is 16.6. The van der Waals surface area contributed by atoms with Gasteiger partial charge in [0.05, 0.1) is 0 Å². The zero-order valence-electron chi connectivity index (χ0n) is 10.2. The molecule has 0 fully saturated rings. The molecule has 0 N–H and O–H groups in total. The van der Waals surface area contributed by atoms with Crippen LogP contribution in [0, 0.1) is 0 Å². The van der Waals surface area contributed by atoms with Crippen molar-refractivity contribution in [1.29, 1.82) is 0 Å². The van der Waals surface area contributed by atoms with Crippen molar-refractivity contribution >= 4 is 5.82 Å². The van der Waals surface area contributed by atoms with Gasteiger partial charge in [-0.25, -0.2) is 4.98 Å². The number of hydrogen-bond donors (Lipinski definition) is 0. The Labute approximate surface area is 103 Å². The van der Waals surface area contributed by atoms with E-state index < -0.39 is 0 Å². The summed E-state index contributed by atoms with van der Waals surface area (Å²) in [4.78, 5) is 6.53. The van der Waals surface area contributed by atoms with Crippen LogP contribution in [0.1, 0.15) is 12.0 Å². The molecular formula is C15H18N2. The molecule has 0 aliphatic carbocycles. The number of benzene rings is 1. The average Bonchev–Trinajstić information content (AvgIpc) is 2.41. The Bertz CT molecular complexity index is 425. The van der Waals surface area contributed by atoms with Gasteiger partial charge in [0, 0.05) is 19.8 Å². The molecule has 2 heteroatoms. The summed E-state index contributed by atoms with van der Waals surface area (Å²) >= 11 is 0. The minimum Gasteiger partial charge on any atom is -0.360 e. The quantitative estimate of drug-likeness (QED) is 0.778. The van der Waals surface area contributed by atoms with E-state index in [2.05, 4.69) is 47.3 Å². The first-order valence-corrected chi connectivity index (χ1v) is 6.02. The SMILES string of the molecule is CN(CCCc1ccccc1)c1ccccn1. The summed E-state index contributed by atoms with van der Waals surface area (Å²) in [7, 11) is 2.09. The molecule has 17 heavy (non-hydrogen) atoms. The highest BCUT2D eigenvalue weighted by Gasteiger charge is 2.00. The van der Waals surface area contributed by atoms with E-state index >= 15 is 0 Å². The van der Waals surface area contributed by atoms with Crippen molar-refractivity contribution in [3.05, 3.63) is 60.3 Å². The van der Waals surface area contributed by atoms with E-state index in [1.54, 1.807) is 0 Å². The Hall–Kier alpha value is -1.83. The minimum atomic E-state index is 1.03. The van der Waals surface area contributed by atoms with Gasteiger partial charge in [0.15, 0.2) is 0 Å². The molecular weight excluding hydrogens is 208 g/mol. The summed E-state index contributed by atoms with van der Waals surface area (Å²) in [6.45, 7) is 1.03. The molecule has 2 aromatic rings. The molecule has 0 saturated carbocycles. The fourth-order valence-electron chi connectivity index (χ4n) is 1.86. The molecule has 0 spiro atoms. The van der Waals surface area contributed by atoms with Crippen LogP contribution < -0.4 is 4.90 Å². The second-order valence-electron chi connectivity index (χ2n) is 4.20. The molecule has 0 amide bonds. The predicted octanol–water partition coefficient (Wildman–Crippen LogP) is 3.15. The van der Waals surface area contributed by atoms with Crippen LogP contribution in [-0.2, 0) is 6.42 Å². The van der Waals surface area contributed by atoms with Crippen LogP contribution >= 0.6 is 0 Å². The Morgan fingerprint density at radius 2 is 1.76 bits per heavy atom. The second-order valence-corrected chi connectivity index (χ2v) is 4.20. The summed E-state index contributed by atoms with van der Waals surface area (Å²) in [6.07, 6.45) is 4.11. The second kappa shape index (κ2) is 6.04. The lowest BCUT2D eigenvalue weighted by molar-refractivity contribution is 0.777. The molecule has 2 rings (SSSR count). The van der Waals surface area contributed by atoms with E-state index in [1.807, 2.05) is 24.4 Å². The molecule has 0 unspecified atom stereocenters. The fourth-order valence-corrected chi connectivity index (χ4v) is 1.86. The standard InChI is InChI=1S/C15H18N2/c1-17(15-11-5-6-12-16-15)13-7-10-14-8-3-2-4-9-14/h2-6,8-9,11-12H,7,10,13H2,1H3. The normalized spacial score (nSPS) is 10.2. The largest absolute Gasteiger partial charge is 0.360 e. The molecule has 2 nitrogen and oxygen atoms in total. The molecule has 0 aliphatic rings. The van der Waals surface area contributed by atoms with E-state index in [0.29, 0.717) is 0 Å². The molecule has 0 atom stereocenters. The monoisotopic (exact) mass is 226 g/mol. The third-order valence-corrected chi connectivity index (χ3v) is 2.84. The summed E-state index contributed by atoms with van der Waals surface area (Å²) in [5, 5.41) is 0. The number of rotatable bonds is 5. The third kappa shape index (κ3) is 3.59. The smallest absolute Gasteiger partial charge is 0.128 e. The third-order valence-electron chi connectivity index (χ3n) is 2.84. The Kier molecular flexibility index (Phi) is 4.14. The first-order chi connectivity index (χ1) is 8.36. The van der Waals surface area contributed by atoms with Gasteiger partial charge in [0.2, 0.25) is 0 Å². The van der Waals surface area contributed by atoms with Crippen LogP contribution in [0.4, 0.5) is 5.82 Å². The fraction of sp³-hybridized carbons (Fsp3) is 0.267. The van der Waals surface area contributed by atoms with Gasteiger partial charge in [-0.3, -0.25) is 0 Å². The number of hydrogen-bond acceptors (Lipinski definition) is 2. The van der Waals surface area contributed by atoms with E-state index in [-0.39, 0.29) is 0 Å². The van der Waals surface area contributed by atoms with Gasteiger partial charge in [0.1, 0.15) is 5.82 Å². The number of anilines is 1. The highest BCUT2D eigenvalue weighted by atomic mass is 15.2. The van der Waals surface area contributed by atoms with Crippen molar-refractivity contribution in [2.45, 2.75) is 12.8 Å². The van der Waals surface area contributed by atoms with E-state index in [9.17, 15) is 0 Å². The number of aromatic nitrogens is 1. The number of pyridine rings is 1. The van der Waals surface area contributed by atoms with Crippen molar-refractivity contribution in [1.82, 2.24) is 4.98 Å². The molecule has 0 radical (unpaired) electrons. The Balaban J connectivity index is 1.79. The Morgan fingerprint density at radius 3 is 2.47 bits per heavy atom. The molecule has 1 aromatic carbocycles. The summed E-state index contributed by atoms with van der Waals surface area (Å²) in [5.41, 5.74) is 1.40. The molecule has 0 saturated heterocycles. The first-order valence-electron chi connectivity index (χ1n) is 6.02. The van der Waals surface area contributed by atoms with Crippen LogP contribution in [0.15, 0.2) is 54.7 Å². The van der Waals surface area contributed by atoms with Gasteiger partial charge in [-0.05, 0) is 30.5 Å². The van der Waals surface area contributed by atoms with Gasteiger partial charge in [-0.2, -0.15) is 0 Å². The lowest BCUT2D eigenvalue weighted by atomic mass is 10.1. The van der Waals surface area contributed by atoms with E-state index in [4.69, 9.17) is 0 Å². The van der Waals surface area contributed by atoms with E-state index in [1.165, 1.54) is 5.56 Å². The summed E-state index contributed by atoms with van der Waals surface area (Å²) < 4.78 is 0. The van der Waals surface area contributed by atoms with E-state index in [0.717, 1.165) is 25.2 Å². The van der Waals surface area contributed by atoms with Crippen LogP contribution in [-0.4, -0.2) is 18.6 Å². The maximum absolute atomic E-state index is 4.33. The average molecular weight is 226 g/mol. The molecule has 0 aliphatic heterocycles. The zero-order valence-corrected chi connectivity index (χ0v) is 10.2. The predicted molar refractivity (Wildman–Crippen MR) is 72.3 cm³/mol. The molecule has 1 aromatic heterocycles. The first kappa shape index (κ1) is 11.6. The van der Waals surface area contributed by atoms with Crippen molar-refractivity contribution in [3.63, 3.8) is 0 Å². The lowest BCUT2D eigenvalue weighted by Crippen LogP contribution is -2.19. The van der Waals surface area contributed by atoms with Crippen molar-refractivity contribution in [3.8, 4) is 0 Å². The highest BCUT2D eigenvalue weighted by Crippen LogP contribution is 2.08. The van der Waals surface area contributed by atoms with Crippen molar-refractivity contribution in [2.24, 2.45) is 0 Å². The topological polar surface area (TPSA) is 16.1 Å². The van der Waals surface area contributed by atoms with Crippen LogP contribution in [0.2, 0.25) is 0 Å². The van der Waals surface area contributed by atoms with Crippen molar-refractivity contribution < 1.29 is 0 Å². The minimum absolute atomic E-state index is 1.03. The number of nitrogens with zero attached hydrogens (tertiary/aromatic N) is 2. The van der Waals surface area contributed by atoms with Crippen LogP contribution in [0.3, 0.4) is 0 Å². The Morgan fingerprint density at radius 1 is 1.00 bits per heavy atom. The zero-order chi connectivity index (χ0) is 11.9. The lowest BCUT2D eigenvalue weighted by Gasteiger charge is -2.17.